The van der Waals surface area contributed by atoms with Crippen LogP contribution in [0.3, 0.4) is 0 Å². The van der Waals surface area contributed by atoms with Crippen LogP contribution in [0.15, 0.2) is 0 Å². The molecule has 0 radical (unpaired) electrons. The summed E-state index contributed by atoms with van der Waals surface area (Å²) in [6.07, 6.45) is 6.00. The Morgan fingerprint density at radius 2 is 2.00 bits per heavy atom. The van der Waals surface area contributed by atoms with Crippen LogP contribution in [0.1, 0.15) is 27.2 Å². The Balaban J connectivity index is 3.69. The molecule has 0 saturated heterocycles. The van der Waals surface area contributed by atoms with E-state index in [0.717, 1.165) is 12.5 Å². The molecule has 0 aromatic carbocycles. The number of hydrogen-bond acceptors (Lipinski definition) is 2. The second kappa shape index (κ2) is 5.95. The van der Waals surface area contributed by atoms with Gasteiger partial charge in [-0.15, -0.1) is 12.0 Å². The molecule has 0 atom stereocenters. The van der Waals surface area contributed by atoms with Crippen molar-refractivity contribution in [1.29, 1.82) is 0 Å². The Bertz CT molecular complexity index is 274. The molecule has 0 heterocycles. The van der Waals surface area contributed by atoms with Crippen LogP contribution in [-0.2, 0) is 4.74 Å². The van der Waals surface area contributed by atoms with E-state index >= 15 is 0 Å². The summed E-state index contributed by atoms with van der Waals surface area (Å²) in [6, 6.07) is 1.03. The Morgan fingerprint density at radius 1 is 1.44 bits per heavy atom. The SMILES string of the molecule is C#C[Si](C)(C)CCCNC(=O)OC(C)(C)C. The monoisotopic (exact) mass is 241 g/mol. The fourth-order valence-electron chi connectivity index (χ4n) is 1.11. The highest BCUT2D eigenvalue weighted by Crippen LogP contribution is 2.10. The number of nitrogens with one attached hydrogen (secondary N) is 1. The second-order valence-corrected chi connectivity index (χ2v) is 10.1. The maximum Gasteiger partial charge on any atom is 0.407 e. The molecular formula is C12H23NO2Si. The molecule has 1 amide bonds. The van der Waals surface area contributed by atoms with Crippen LogP contribution in [0, 0.1) is 12.0 Å². The molecule has 0 aliphatic carbocycles. The predicted octanol–water partition coefficient (Wildman–Crippen LogP) is 2.78. The van der Waals surface area contributed by atoms with E-state index in [1.165, 1.54) is 0 Å². The first-order valence-electron chi connectivity index (χ1n) is 5.61. The molecule has 0 aliphatic heterocycles. The Morgan fingerprint density at radius 3 is 2.44 bits per heavy atom. The van der Waals surface area contributed by atoms with Gasteiger partial charge in [-0.3, -0.25) is 0 Å². The zero-order valence-electron chi connectivity index (χ0n) is 11.0. The number of terminal acetylenes is 1. The Kier molecular flexibility index (Phi) is 5.60. The zero-order valence-corrected chi connectivity index (χ0v) is 12.0. The predicted molar refractivity (Wildman–Crippen MR) is 70.0 cm³/mol. The van der Waals surface area contributed by atoms with Gasteiger partial charge < -0.3 is 10.1 Å². The van der Waals surface area contributed by atoms with Crippen LogP contribution in [0.2, 0.25) is 19.1 Å². The van der Waals surface area contributed by atoms with E-state index in [2.05, 4.69) is 24.0 Å². The van der Waals surface area contributed by atoms with Gasteiger partial charge in [-0.1, -0.05) is 13.1 Å². The lowest BCUT2D eigenvalue weighted by Gasteiger charge is -2.20. The van der Waals surface area contributed by atoms with Gasteiger partial charge in [0, 0.05) is 6.54 Å². The largest absolute Gasteiger partial charge is 0.444 e. The van der Waals surface area contributed by atoms with Crippen LogP contribution < -0.4 is 5.32 Å². The molecule has 16 heavy (non-hydrogen) atoms. The molecule has 3 nitrogen and oxygen atoms in total. The summed E-state index contributed by atoms with van der Waals surface area (Å²) in [7, 11) is -1.46. The average molecular weight is 241 g/mol. The molecule has 0 spiro atoms. The van der Waals surface area contributed by atoms with E-state index in [1.807, 2.05) is 20.8 Å². The molecule has 0 saturated carbocycles. The third kappa shape index (κ3) is 8.36. The molecule has 0 unspecified atom stereocenters. The van der Waals surface area contributed by atoms with E-state index in [4.69, 9.17) is 11.2 Å². The smallest absolute Gasteiger partial charge is 0.407 e. The molecule has 0 aliphatic rings. The quantitative estimate of drug-likeness (QED) is 0.467. The number of amides is 1. The highest BCUT2D eigenvalue weighted by atomic mass is 28.3. The minimum atomic E-state index is -1.46. The van der Waals surface area contributed by atoms with Crippen molar-refractivity contribution in [1.82, 2.24) is 5.32 Å². The first-order valence-corrected chi connectivity index (χ1v) is 8.82. The third-order valence-corrected chi connectivity index (χ3v) is 4.42. The van der Waals surface area contributed by atoms with E-state index < -0.39 is 13.7 Å². The highest BCUT2D eigenvalue weighted by Gasteiger charge is 2.18. The van der Waals surface area contributed by atoms with Gasteiger partial charge >= 0.3 is 6.09 Å². The van der Waals surface area contributed by atoms with Crippen molar-refractivity contribution in [2.24, 2.45) is 0 Å². The summed E-state index contributed by atoms with van der Waals surface area (Å²) in [5.41, 5.74) is 2.43. The van der Waals surface area contributed by atoms with Gasteiger partial charge in [0.1, 0.15) is 13.7 Å². The lowest BCUT2D eigenvalue weighted by molar-refractivity contribution is 0.0528. The van der Waals surface area contributed by atoms with E-state index in [-0.39, 0.29) is 6.09 Å². The summed E-state index contributed by atoms with van der Waals surface area (Å²) in [6.45, 7) is 10.5. The molecule has 0 aromatic rings. The van der Waals surface area contributed by atoms with Crippen molar-refractivity contribution in [2.75, 3.05) is 6.54 Å². The fraction of sp³-hybridized carbons (Fsp3) is 0.750. The molecule has 4 heteroatoms. The Labute approximate surface area is 100.0 Å². The van der Waals surface area contributed by atoms with Gasteiger partial charge in [0.25, 0.3) is 0 Å². The minimum Gasteiger partial charge on any atom is -0.444 e. The van der Waals surface area contributed by atoms with Crippen molar-refractivity contribution in [3.8, 4) is 12.0 Å². The van der Waals surface area contributed by atoms with Gasteiger partial charge in [-0.25, -0.2) is 4.79 Å². The lowest BCUT2D eigenvalue weighted by atomic mass is 10.2. The highest BCUT2D eigenvalue weighted by molar-refractivity contribution is 6.84. The maximum absolute atomic E-state index is 11.3. The van der Waals surface area contributed by atoms with Gasteiger partial charge in [0.05, 0.1) is 0 Å². The van der Waals surface area contributed by atoms with Crippen molar-refractivity contribution in [3.63, 3.8) is 0 Å². The van der Waals surface area contributed by atoms with Crippen molar-refractivity contribution >= 4 is 14.2 Å². The average Bonchev–Trinajstić information content (AvgIpc) is 2.10. The van der Waals surface area contributed by atoms with Crippen LogP contribution in [0.4, 0.5) is 4.79 Å². The Hall–Kier alpha value is -0.953. The maximum atomic E-state index is 11.3. The first-order chi connectivity index (χ1) is 7.16. The lowest BCUT2D eigenvalue weighted by Crippen LogP contribution is -2.34. The van der Waals surface area contributed by atoms with Crippen molar-refractivity contribution < 1.29 is 9.53 Å². The number of hydrogen-bond donors (Lipinski definition) is 1. The normalized spacial score (nSPS) is 11.8. The number of carbonyl (C=O) groups is 1. The van der Waals surface area contributed by atoms with Crippen LogP contribution in [-0.4, -0.2) is 26.3 Å². The van der Waals surface area contributed by atoms with Crippen molar-refractivity contribution in [3.05, 3.63) is 0 Å². The van der Waals surface area contributed by atoms with Gasteiger partial charge in [0.15, 0.2) is 0 Å². The molecule has 0 fully saturated rings. The van der Waals surface area contributed by atoms with Crippen molar-refractivity contribution in [2.45, 2.75) is 51.9 Å². The molecule has 0 bridgehead atoms. The molecule has 92 valence electrons. The summed E-state index contributed by atoms with van der Waals surface area (Å²) in [5, 5.41) is 2.73. The fourth-order valence-corrected chi connectivity index (χ4v) is 2.31. The summed E-state index contributed by atoms with van der Waals surface area (Å²) in [5.74, 6) is 0. The number of alkyl carbamates (subject to hydrolysis) is 1. The van der Waals surface area contributed by atoms with Gasteiger partial charge in [-0.05, 0) is 33.2 Å². The minimum absolute atomic E-state index is 0.354. The van der Waals surface area contributed by atoms with Crippen LogP contribution >= 0.6 is 0 Å². The first kappa shape index (κ1) is 15.0. The topological polar surface area (TPSA) is 38.3 Å². The number of ether oxygens (including phenoxy) is 1. The molecule has 1 N–H and O–H groups in total. The van der Waals surface area contributed by atoms with E-state index in [0.29, 0.717) is 6.54 Å². The molecule has 0 rings (SSSR count). The molecule has 0 aromatic heterocycles. The third-order valence-electron chi connectivity index (χ3n) is 2.04. The van der Waals surface area contributed by atoms with E-state index in [1.54, 1.807) is 0 Å². The molecular weight excluding hydrogens is 218 g/mol. The number of rotatable bonds is 4. The van der Waals surface area contributed by atoms with Crippen LogP contribution in [0.25, 0.3) is 0 Å². The summed E-state index contributed by atoms with van der Waals surface area (Å²) < 4.78 is 5.12. The zero-order chi connectivity index (χ0) is 12.8. The second-order valence-electron chi connectivity index (χ2n) is 5.56. The van der Waals surface area contributed by atoms with E-state index in [9.17, 15) is 4.79 Å². The van der Waals surface area contributed by atoms with Gasteiger partial charge in [0.2, 0.25) is 0 Å². The standard InChI is InChI=1S/C12H23NO2Si/c1-7-16(5,6)10-8-9-13-11(14)15-12(2,3)4/h1H,8-10H2,2-6H3,(H,13,14). The van der Waals surface area contributed by atoms with Crippen LogP contribution in [0.5, 0.6) is 0 Å². The summed E-state index contributed by atoms with van der Waals surface area (Å²) in [4.78, 5) is 11.3. The van der Waals surface area contributed by atoms with Gasteiger partial charge in [-0.2, -0.15) is 0 Å². The number of carbonyl (C=O) groups excluding carboxylic acids is 1. The summed E-state index contributed by atoms with van der Waals surface area (Å²) >= 11 is 0.